The summed E-state index contributed by atoms with van der Waals surface area (Å²) in [7, 11) is 4.22. The molecule has 0 aromatic carbocycles. The van der Waals surface area contributed by atoms with Gasteiger partial charge in [-0.05, 0) is 39.3 Å². The molecule has 1 aromatic heterocycles. The highest BCUT2D eigenvalue weighted by molar-refractivity contribution is 5.08. The lowest BCUT2D eigenvalue weighted by Gasteiger charge is -2.25. The van der Waals surface area contributed by atoms with Crippen LogP contribution in [0.5, 0.6) is 0 Å². The van der Waals surface area contributed by atoms with Crippen LogP contribution in [0.4, 0.5) is 0 Å². The second-order valence-corrected chi connectivity index (χ2v) is 7.45. The summed E-state index contributed by atoms with van der Waals surface area (Å²) in [5.74, 6) is 2.75. The van der Waals surface area contributed by atoms with Crippen molar-refractivity contribution in [2.24, 2.45) is 13.0 Å². The largest absolute Gasteiger partial charge is 0.317 e. The number of hydrogen-bond acceptors (Lipinski definition) is 6. The third kappa shape index (κ3) is 4.36. The third-order valence-corrected chi connectivity index (χ3v) is 5.47. The molecule has 0 amide bonds. The number of nitriles is 2. The fourth-order valence-corrected chi connectivity index (χ4v) is 3.65. The Morgan fingerprint density at radius 3 is 2.76 bits per heavy atom. The molecule has 1 aromatic rings. The summed E-state index contributed by atoms with van der Waals surface area (Å²) in [4.78, 5) is 4.72. The molecule has 2 fully saturated rings. The highest BCUT2D eigenvalue weighted by atomic mass is 15.3. The van der Waals surface area contributed by atoms with E-state index in [1.54, 1.807) is 0 Å². The molecule has 0 bridgehead atoms. The Labute approximate surface area is 149 Å². The molecular weight excluding hydrogens is 314 g/mol. The van der Waals surface area contributed by atoms with E-state index >= 15 is 0 Å². The molecule has 0 unspecified atom stereocenters. The summed E-state index contributed by atoms with van der Waals surface area (Å²) in [6.45, 7) is 3.59. The van der Waals surface area contributed by atoms with E-state index in [9.17, 15) is 5.26 Å². The van der Waals surface area contributed by atoms with Gasteiger partial charge in [0.1, 0.15) is 11.6 Å². The first-order valence-electron chi connectivity index (χ1n) is 9.19. The highest BCUT2D eigenvalue weighted by Gasteiger charge is 2.31. The monoisotopic (exact) mass is 341 g/mol. The van der Waals surface area contributed by atoms with Gasteiger partial charge in [0, 0.05) is 38.5 Å². The van der Waals surface area contributed by atoms with Gasteiger partial charge in [-0.2, -0.15) is 10.5 Å². The molecule has 2 atom stereocenters. The number of aromatic nitrogens is 3. The smallest absolute Gasteiger partial charge is 0.146 e. The van der Waals surface area contributed by atoms with Crippen molar-refractivity contribution in [2.75, 3.05) is 26.7 Å². The maximum atomic E-state index is 9.25. The number of rotatable bonds is 8. The minimum Gasteiger partial charge on any atom is -0.317 e. The molecule has 1 aliphatic heterocycles. The topological polar surface area (TPSA) is 84.8 Å². The van der Waals surface area contributed by atoms with Crippen LogP contribution in [0.15, 0.2) is 0 Å². The number of hydrogen-bond donors (Lipinski definition) is 0. The van der Waals surface area contributed by atoms with Gasteiger partial charge in [-0.15, -0.1) is 10.2 Å². The fourth-order valence-electron chi connectivity index (χ4n) is 3.65. The second kappa shape index (κ2) is 7.95. The summed E-state index contributed by atoms with van der Waals surface area (Å²) in [6, 6.07) is 4.97. The van der Waals surface area contributed by atoms with Crippen LogP contribution in [0, 0.1) is 28.6 Å². The Balaban J connectivity index is 1.50. The van der Waals surface area contributed by atoms with Gasteiger partial charge in [0.2, 0.25) is 0 Å². The van der Waals surface area contributed by atoms with Crippen molar-refractivity contribution in [3.8, 4) is 12.1 Å². The predicted molar refractivity (Wildman–Crippen MR) is 93.2 cm³/mol. The minimum absolute atomic E-state index is 0.0384. The van der Waals surface area contributed by atoms with Crippen LogP contribution in [0.3, 0.4) is 0 Å². The SMILES string of the molecule is CN(Cc1nnc(C2CC2)n1C)[C@@H]1CCN(C[C@H](C#N)CCC#N)C1. The standard InChI is InChI=1S/C18H27N7/c1-23(13-17-21-22-18(24(17)2)15-5-6-15)16-7-9-25(12-16)11-14(10-20)4-3-8-19/h14-16H,3-7,9,11-13H2,1-2H3/t14-,16+/m0/s1. The van der Waals surface area contributed by atoms with Gasteiger partial charge < -0.3 is 9.47 Å². The van der Waals surface area contributed by atoms with Crippen molar-refractivity contribution in [3.05, 3.63) is 11.6 Å². The van der Waals surface area contributed by atoms with Crippen LogP contribution in [-0.2, 0) is 13.6 Å². The van der Waals surface area contributed by atoms with Crippen molar-refractivity contribution in [1.29, 1.82) is 10.5 Å². The van der Waals surface area contributed by atoms with Crippen LogP contribution >= 0.6 is 0 Å². The molecule has 25 heavy (non-hydrogen) atoms. The van der Waals surface area contributed by atoms with E-state index in [0.717, 1.165) is 44.2 Å². The Hall–Kier alpha value is -1.96. The molecule has 7 heteroatoms. The van der Waals surface area contributed by atoms with Gasteiger partial charge in [0.25, 0.3) is 0 Å². The summed E-state index contributed by atoms with van der Waals surface area (Å²) in [5, 5.41) is 26.7. The Bertz CT molecular complexity index is 664. The highest BCUT2D eigenvalue weighted by Crippen LogP contribution is 2.38. The van der Waals surface area contributed by atoms with Crippen LogP contribution in [-0.4, -0.2) is 57.3 Å². The van der Waals surface area contributed by atoms with E-state index in [4.69, 9.17) is 5.26 Å². The molecule has 2 aliphatic rings. The first-order valence-corrected chi connectivity index (χ1v) is 9.19. The molecule has 7 nitrogen and oxygen atoms in total. The summed E-state index contributed by atoms with van der Waals surface area (Å²) < 4.78 is 2.16. The molecule has 0 spiro atoms. The molecule has 1 saturated heterocycles. The molecular formula is C18H27N7. The lowest BCUT2D eigenvalue weighted by molar-refractivity contribution is 0.212. The van der Waals surface area contributed by atoms with Crippen molar-refractivity contribution in [3.63, 3.8) is 0 Å². The van der Waals surface area contributed by atoms with E-state index < -0.39 is 0 Å². The van der Waals surface area contributed by atoms with E-state index in [1.807, 2.05) is 0 Å². The molecule has 2 heterocycles. The molecule has 3 rings (SSSR count). The number of likely N-dealkylation sites (tertiary alicyclic amines) is 1. The van der Waals surface area contributed by atoms with Crippen LogP contribution in [0.25, 0.3) is 0 Å². The normalized spacial score (nSPS) is 22.0. The van der Waals surface area contributed by atoms with Crippen molar-refractivity contribution >= 4 is 0 Å². The zero-order chi connectivity index (χ0) is 17.8. The Morgan fingerprint density at radius 1 is 1.28 bits per heavy atom. The predicted octanol–water partition coefficient (Wildman–Crippen LogP) is 1.64. The Morgan fingerprint density at radius 2 is 2.08 bits per heavy atom. The zero-order valence-corrected chi connectivity index (χ0v) is 15.2. The molecule has 134 valence electrons. The average Bonchev–Trinajstić information content (AvgIpc) is 3.24. The van der Waals surface area contributed by atoms with Gasteiger partial charge in [0.05, 0.1) is 24.6 Å². The van der Waals surface area contributed by atoms with E-state index in [1.165, 1.54) is 12.8 Å². The fraction of sp³-hybridized carbons (Fsp3) is 0.778. The summed E-state index contributed by atoms with van der Waals surface area (Å²) >= 11 is 0. The molecule has 0 radical (unpaired) electrons. The summed E-state index contributed by atoms with van der Waals surface area (Å²) in [5.41, 5.74) is 0. The van der Waals surface area contributed by atoms with Gasteiger partial charge in [-0.3, -0.25) is 4.90 Å². The molecule has 0 N–H and O–H groups in total. The van der Waals surface area contributed by atoms with Gasteiger partial charge in [-0.1, -0.05) is 0 Å². The average molecular weight is 341 g/mol. The lowest BCUT2D eigenvalue weighted by Crippen LogP contribution is -2.36. The molecule has 1 saturated carbocycles. The number of likely N-dealkylation sites (N-methyl/N-ethyl adjacent to an activating group) is 1. The van der Waals surface area contributed by atoms with Crippen molar-refractivity contribution in [2.45, 2.75) is 50.6 Å². The van der Waals surface area contributed by atoms with Crippen molar-refractivity contribution < 1.29 is 0 Å². The maximum Gasteiger partial charge on any atom is 0.146 e. The van der Waals surface area contributed by atoms with Crippen molar-refractivity contribution in [1.82, 2.24) is 24.6 Å². The van der Waals surface area contributed by atoms with Crippen LogP contribution in [0.1, 0.15) is 49.7 Å². The second-order valence-electron chi connectivity index (χ2n) is 7.45. The molecule has 1 aliphatic carbocycles. The first-order chi connectivity index (χ1) is 12.1. The first kappa shape index (κ1) is 17.8. The van der Waals surface area contributed by atoms with E-state index in [2.05, 4.69) is 50.8 Å². The van der Waals surface area contributed by atoms with Gasteiger partial charge in [-0.25, -0.2) is 0 Å². The van der Waals surface area contributed by atoms with E-state index in [0.29, 0.717) is 24.8 Å². The van der Waals surface area contributed by atoms with Crippen LogP contribution in [0.2, 0.25) is 0 Å². The van der Waals surface area contributed by atoms with E-state index in [-0.39, 0.29) is 5.92 Å². The van der Waals surface area contributed by atoms with Crippen LogP contribution < -0.4 is 0 Å². The minimum atomic E-state index is -0.0384. The van der Waals surface area contributed by atoms with Gasteiger partial charge >= 0.3 is 0 Å². The van der Waals surface area contributed by atoms with Gasteiger partial charge in [0.15, 0.2) is 0 Å². The quantitative estimate of drug-likeness (QED) is 0.715. The maximum absolute atomic E-state index is 9.25. The summed E-state index contributed by atoms with van der Waals surface area (Å²) in [6.07, 6.45) is 4.73. The lowest BCUT2D eigenvalue weighted by atomic mass is 10.1. The Kier molecular flexibility index (Phi) is 5.67. The number of nitrogens with zero attached hydrogens (tertiary/aromatic N) is 7. The third-order valence-electron chi connectivity index (χ3n) is 5.47. The zero-order valence-electron chi connectivity index (χ0n) is 15.2.